The van der Waals surface area contributed by atoms with Gasteiger partial charge in [0.25, 0.3) is 0 Å². The van der Waals surface area contributed by atoms with Gasteiger partial charge in [0.1, 0.15) is 0 Å². The number of aromatic nitrogens is 1. The Morgan fingerprint density at radius 1 is 1.41 bits per heavy atom. The van der Waals surface area contributed by atoms with E-state index in [2.05, 4.69) is 35.7 Å². The topological polar surface area (TPSA) is 45.4 Å². The molecule has 1 aliphatic heterocycles. The van der Waals surface area contributed by atoms with E-state index < -0.39 is 0 Å². The van der Waals surface area contributed by atoms with Crippen LogP contribution in [-0.4, -0.2) is 42.1 Å². The van der Waals surface area contributed by atoms with Crippen LogP contribution in [0.25, 0.3) is 0 Å². The summed E-state index contributed by atoms with van der Waals surface area (Å²) in [6, 6.07) is 0. The van der Waals surface area contributed by atoms with Crippen molar-refractivity contribution in [1.82, 2.24) is 9.88 Å². The molecule has 1 aromatic rings. The highest BCUT2D eigenvalue weighted by molar-refractivity contribution is 7.15. The fourth-order valence-corrected chi connectivity index (χ4v) is 3.11. The SMILES string of the molecule is Cc1nc(N2CCN(C)C(C)(C)C2)sc1CN. The predicted octanol–water partition coefficient (Wildman–Crippen LogP) is 1.44. The summed E-state index contributed by atoms with van der Waals surface area (Å²) >= 11 is 1.74. The number of aryl methyl sites for hydroxylation is 1. The van der Waals surface area contributed by atoms with E-state index in [1.54, 1.807) is 11.3 Å². The lowest BCUT2D eigenvalue weighted by atomic mass is 10.0. The minimum absolute atomic E-state index is 0.209. The Morgan fingerprint density at radius 3 is 2.65 bits per heavy atom. The molecule has 0 atom stereocenters. The normalized spacial score (nSPS) is 20.9. The van der Waals surface area contributed by atoms with Crippen molar-refractivity contribution < 1.29 is 0 Å². The molecular formula is C12H22N4S. The highest BCUT2D eigenvalue weighted by Gasteiger charge is 2.32. The first-order chi connectivity index (χ1) is 7.94. The smallest absolute Gasteiger partial charge is 0.185 e. The standard InChI is InChI=1S/C12H22N4S/c1-9-10(7-13)17-11(14-9)16-6-5-15(4)12(2,3)8-16/h5-8,13H2,1-4H3. The molecule has 1 fully saturated rings. The summed E-state index contributed by atoms with van der Waals surface area (Å²) in [5, 5.41) is 1.13. The molecule has 1 aromatic heterocycles. The van der Waals surface area contributed by atoms with Gasteiger partial charge < -0.3 is 10.6 Å². The van der Waals surface area contributed by atoms with E-state index in [1.165, 1.54) is 4.88 Å². The van der Waals surface area contributed by atoms with E-state index in [0.717, 1.165) is 30.5 Å². The molecule has 1 aliphatic rings. The van der Waals surface area contributed by atoms with Crippen LogP contribution in [0, 0.1) is 6.92 Å². The molecule has 1 saturated heterocycles. The monoisotopic (exact) mass is 254 g/mol. The summed E-state index contributed by atoms with van der Waals surface area (Å²) in [7, 11) is 2.19. The fourth-order valence-electron chi connectivity index (χ4n) is 2.14. The van der Waals surface area contributed by atoms with Gasteiger partial charge in [0.05, 0.1) is 5.69 Å². The van der Waals surface area contributed by atoms with Gasteiger partial charge in [0.2, 0.25) is 0 Å². The number of nitrogens with zero attached hydrogens (tertiary/aromatic N) is 3. The lowest BCUT2D eigenvalue weighted by Crippen LogP contribution is -2.57. The Balaban J connectivity index is 2.18. The van der Waals surface area contributed by atoms with Crippen molar-refractivity contribution in [3.05, 3.63) is 10.6 Å². The average molecular weight is 254 g/mol. The zero-order valence-corrected chi connectivity index (χ0v) is 12.0. The maximum Gasteiger partial charge on any atom is 0.185 e. The van der Waals surface area contributed by atoms with Crippen molar-refractivity contribution in [3.63, 3.8) is 0 Å². The molecule has 0 aliphatic carbocycles. The van der Waals surface area contributed by atoms with E-state index in [1.807, 2.05) is 6.92 Å². The molecule has 0 radical (unpaired) electrons. The summed E-state index contributed by atoms with van der Waals surface area (Å²) in [6.07, 6.45) is 0. The first-order valence-corrected chi connectivity index (χ1v) is 6.88. The highest BCUT2D eigenvalue weighted by Crippen LogP contribution is 2.29. The Kier molecular flexibility index (Phi) is 3.43. The van der Waals surface area contributed by atoms with Gasteiger partial charge in [0, 0.05) is 36.6 Å². The number of hydrogen-bond donors (Lipinski definition) is 1. The van der Waals surface area contributed by atoms with Crippen molar-refractivity contribution in [2.24, 2.45) is 5.73 Å². The Hall–Kier alpha value is -0.650. The van der Waals surface area contributed by atoms with Crippen molar-refractivity contribution >= 4 is 16.5 Å². The third-order valence-corrected chi connectivity index (χ3v) is 4.89. The fraction of sp³-hybridized carbons (Fsp3) is 0.750. The van der Waals surface area contributed by atoms with Gasteiger partial charge in [-0.25, -0.2) is 4.98 Å². The van der Waals surface area contributed by atoms with Gasteiger partial charge >= 0.3 is 0 Å². The lowest BCUT2D eigenvalue weighted by Gasteiger charge is -2.45. The molecule has 0 unspecified atom stereocenters. The molecule has 2 heterocycles. The minimum Gasteiger partial charge on any atom is -0.345 e. The van der Waals surface area contributed by atoms with Gasteiger partial charge in [-0.15, -0.1) is 11.3 Å². The van der Waals surface area contributed by atoms with Crippen LogP contribution in [0.15, 0.2) is 0 Å². The second-order valence-electron chi connectivity index (χ2n) is 5.36. The van der Waals surface area contributed by atoms with Gasteiger partial charge in [-0.05, 0) is 27.8 Å². The summed E-state index contributed by atoms with van der Waals surface area (Å²) in [4.78, 5) is 10.6. The van der Waals surface area contributed by atoms with Crippen LogP contribution in [0.5, 0.6) is 0 Å². The van der Waals surface area contributed by atoms with Gasteiger partial charge in [0.15, 0.2) is 5.13 Å². The summed E-state index contributed by atoms with van der Waals surface area (Å²) in [6.45, 7) is 10.4. The van der Waals surface area contributed by atoms with Crippen LogP contribution < -0.4 is 10.6 Å². The van der Waals surface area contributed by atoms with Crippen LogP contribution >= 0.6 is 11.3 Å². The van der Waals surface area contributed by atoms with Crippen molar-refractivity contribution in [3.8, 4) is 0 Å². The minimum atomic E-state index is 0.209. The molecule has 2 N–H and O–H groups in total. The Bertz CT molecular complexity index is 399. The van der Waals surface area contributed by atoms with E-state index in [9.17, 15) is 0 Å². The van der Waals surface area contributed by atoms with Crippen molar-refractivity contribution in [2.45, 2.75) is 32.9 Å². The third kappa shape index (κ3) is 2.46. The molecule has 0 bridgehead atoms. The number of hydrogen-bond acceptors (Lipinski definition) is 5. The van der Waals surface area contributed by atoms with Crippen LogP contribution in [0.3, 0.4) is 0 Å². The van der Waals surface area contributed by atoms with Crippen LogP contribution in [0.4, 0.5) is 5.13 Å². The van der Waals surface area contributed by atoms with E-state index in [-0.39, 0.29) is 5.54 Å². The average Bonchev–Trinajstić information content (AvgIpc) is 2.63. The third-order valence-electron chi connectivity index (χ3n) is 3.65. The molecule has 17 heavy (non-hydrogen) atoms. The number of piperazine rings is 1. The largest absolute Gasteiger partial charge is 0.345 e. The lowest BCUT2D eigenvalue weighted by molar-refractivity contribution is 0.139. The molecule has 0 spiro atoms. The molecule has 4 nitrogen and oxygen atoms in total. The number of rotatable bonds is 2. The van der Waals surface area contributed by atoms with Gasteiger partial charge in [-0.1, -0.05) is 0 Å². The van der Waals surface area contributed by atoms with E-state index >= 15 is 0 Å². The molecule has 5 heteroatoms. The van der Waals surface area contributed by atoms with Crippen LogP contribution in [0.2, 0.25) is 0 Å². The zero-order chi connectivity index (χ0) is 12.6. The summed E-state index contributed by atoms with van der Waals surface area (Å²) in [5.74, 6) is 0. The van der Waals surface area contributed by atoms with Crippen molar-refractivity contribution in [1.29, 1.82) is 0 Å². The van der Waals surface area contributed by atoms with E-state index in [0.29, 0.717) is 6.54 Å². The molecular weight excluding hydrogens is 232 g/mol. The number of anilines is 1. The van der Waals surface area contributed by atoms with Crippen LogP contribution in [0.1, 0.15) is 24.4 Å². The van der Waals surface area contributed by atoms with Crippen molar-refractivity contribution in [2.75, 3.05) is 31.6 Å². The maximum atomic E-state index is 5.71. The molecule has 0 aromatic carbocycles. The Morgan fingerprint density at radius 2 is 2.12 bits per heavy atom. The second kappa shape index (κ2) is 4.55. The summed E-state index contributed by atoms with van der Waals surface area (Å²) < 4.78 is 0. The Labute approximate surface area is 107 Å². The van der Waals surface area contributed by atoms with E-state index in [4.69, 9.17) is 5.73 Å². The number of likely N-dealkylation sites (N-methyl/N-ethyl adjacent to an activating group) is 1. The van der Waals surface area contributed by atoms with Gasteiger partial charge in [-0.3, -0.25) is 4.90 Å². The first kappa shape index (κ1) is 12.8. The quantitative estimate of drug-likeness (QED) is 0.867. The highest BCUT2D eigenvalue weighted by atomic mass is 32.1. The number of nitrogens with two attached hydrogens (primary N) is 1. The number of thiazole rings is 1. The zero-order valence-electron chi connectivity index (χ0n) is 11.2. The van der Waals surface area contributed by atoms with Gasteiger partial charge in [-0.2, -0.15) is 0 Å². The molecule has 2 rings (SSSR count). The van der Waals surface area contributed by atoms with Crippen LogP contribution in [-0.2, 0) is 6.54 Å². The predicted molar refractivity (Wildman–Crippen MR) is 73.7 cm³/mol. The maximum absolute atomic E-state index is 5.71. The molecule has 96 valence electrons. The first-order valence-electron chi connectivity index (χ1n) is 6.06. The molecule has 0 saturated carbocycles. The summed E-state index contributed by atoms with van der Waals surface area (Å²) in [5.41, 5.74) is 7.01. The second-order valence-corrected chi connectivity index (χ2v) is 6.43. The molecule has 0 amide bonds.